The molecule has 0 bridgehead atoms. The molecule has 0 spiro atoms. The first kappa shape index (κ1) is 23.0. The van der Waals surface area contributed by atoms with Gasteiger partial charge < -0.3 is 20.1 Å². The van der Waals surface area contributed by atoms with Crippen molar-refractivity contribution in [3.8, 4) is 11.5 Å². The van der Waals surface area contributed by atoms with Crippen molar-refractivity contribution < 1.29 is 19.4 Å². The zero-order valence-electron chi connectivity index (χ0n) is 20.0. The predicted molar refractivity (Wildman–Crippen MR) is 134 cm³/mol. The molecular formula is C27H30N4O4. The number of hydrogen-bond donors (Lipinski definition) is 3. The minimum atomic E-state index is -1.05. The van der Waals surface area contributed by atoms with Crippen LogP contribution in [0.5, 0.6) is 11.5 Å². The van der Waals surface area contributed by atoms with Crippen LogP contribution in [0.25, 0.3) is 10.9 Å². The molecule has 2 unspecified atom stereocenters. The average Bonchev–Trinajstić information content (AvgIpc) is 3.29. The summed E-state index contributed by atoms with van der Waals surface area (Å²) in [6.45, 7) is 7.23. The molecule has 2 aromatic carbocycles. The van der Waals surface area contributed by atoms with Gasteiger partial charge in [0.2, 0.25) is 0 Å². The van der Waals surface area contributed by atoms with Crippen LogP contribution < -0.4 is 10.1 Å². The van der Waals surface area contributed by atoms with Crippen LogP contribution in [0.15, 0.2) is 55.1 Å². The number of benzene rings is 2. The van der Waals surface area contributed by atoms with E-state index in [1.165, 1.54) is 4.90 Å². The van der Waals surface area contributed by atoms with Crippen LogP contribution in [0.2, 0.25) is 0 Å². The van der Waals surface area contributed by atoms with Crippen molar-refractivity contribution in [3.05, 3.63) is 71.9 Å². The number of methoxy groups -OCH3 is 1. The number of H-pyrrole nitrogens is 1. The van der Waals surface area contributed by atoms with Crippen LogP contribution in [0.1, 0.15) is 36.2 Å². The second-order valence-corrected chi connectivity index (χ2v) is 9.33. The van der Waals surface area contributed by atoms with E-state index in [1.807, 2.05) is 31.2 Å². The standard InChI is InChI=1S/C27H30N4O4/c1-4-11-28-12-6-13-30-25(33)27(2)16-21-20-15-19(35-3)9-10-22(20)29-23(21)24(31(27)26(30)34)17-7-5-8-18(32)14-17/h4-5,7-10,14-15,24,28-29,32H,1,6,11-13,16H2,2-3H3. The molecule has 3 N–H and O–H groups in total. The molecule has 2 aliphatic heterocycles. The minimum Gasteiger partial charge on any atom is -0.508 e. The molecule has 1 fully saturated rings. The zero-order valence-corrected chi connectivity index (χ0v) is 20.0. The van der Waals surface area contributed by atoms with E-state index in [0.717, 1.165) is 33.5 Å². The zero-order chi connectivity index (χ0) is 24.7. The van der Waals surface area contributed by atoms with E-state index < -0.39 is 11.6 Å². The number of phenolic OH excluding ortho intramolecular Hbond substituents is 1. The molecule has 8 heteroatoms. The first-order valence-corrected chi connectivity index (χ1v) is 11.8. The molecule has 2 aliphatic rings. The Morgan fingerprint density at radius 1 is 1.29 bits per heavy atom. The summed E-state index contributed by atoms with van der Waals surface area (Å²) in [6.07, 6.45) is 2.82. The van der Waals surface area contributed by atoms with E-state index in [0.29, 0.717) is 32.5 Å². The highest BCUT2D eigenvalue weighted by Gasteiger charge is 2.60. The van der Waals surface area contributed by atoms with Crippen LogP contribution in [-0.2, 0) is 11.2 Å². The number of hydrogen-bond acceptors (Lipinski definition) is 5. The Hall–Kier alpha value is -3.78. The molecule has 8 nitrogen and oxygen atoms in total. The molecule has 1 aromatic heterocycles. The van der Waals surface area contributed by atoms with E-state index in [2.05, 4.69) is 16.9 Å². The van der Waals surface area contributed by atoms with Gasteiger partial charge in [0.1, 0.15) is 23.1 Å². The van der Waals surface area contributed by atoms with Gasteiger partial charge in [-0.05, 0) is 61.3 Å². The maximum atomic E-state index is 13.8. The summed E-state index contributed by atoms with van der Waals surface area (Å²) in [5.74, 6) is 0.639. The fourth-order valence-corrected chi connectivity index (χ4v) is 5.42. The molecule has 0 aliphatic carbocycles. The predicted octanol–water partition coefficient (Wildman–Crippen LogP) is 3.72. The van der Waals surface area contributed by atoms with Gasteiger partial charge in [-0.25, -0.2) is 4.79 Å². The molecule has 3 amide bonds. The van der Waals surface area contributed by atoms with Crippen LogP contribution in [-0.4, -0.2) is 64.1 Å². The van der Waals surface area contributed by atoms with Gasteiger partial charge in [-0.1, -0.05) is 18.2 Å². The summed E-state index contributed by atoms with van der Waals surface area (Å²) in [5, 5.41) is 14.4. The summed E-state index contributed by atoms with van der Waals surface area (Å²) < 4.78 is 5.45. The third kappa shape index (κ3) is 3.65. The number of nitrogens with zero attached hydrogens (tertiary/aromatic N) is 2. The average molecular weight is 475 g/mol. The van der Waals surface area contributed by atoms with Gasteiger partial charge >= 0.3 is 6.03 Å². The summed E-state index contributed by atoms with van der Waals surface area (Å²) in [4.78, 5) is 34.1. The lowest BCUT2D eigenvalue weighted by Crippen LogP contribution is -2.53. The normalized spacial score (nSPS) is 21.4. The molecule has 0 saturated carbocycles. The van der Waals surface area contributed by atoms with E-state index in [-0.39, 0.29) is 17.7 Å². The number of rotatable bonds is 8. The van der Waals surface area contributed by atoms with Gasteiger partial charge in [0, 0.05) is 36.1 Å². The molecule has 5 rings (SSSR count). The fourth-order valence-electron chi connectivity index (χ4n) is 5.42. The van der Waals surface area contributed by atoms with Crippen molar-refractivity contribution in [2.75, 3.05) is 26.7 Å². The highest BCUT2D eigenvalue weighted by molar-refractivity contribution is 6.08. The second kappa shape index (κ2) is 8.78. The fraction of sp³-hybridized carbons (Fsp3) is 0.333. The molecular weight excluding hydrogens is 444 g/mol. The Bertz CT molecular complexity index is 1320. The number of aromatic hydroxyl groups is 1. The first-order chi connectivity index (χ1) is 16.9. The number of urea groups is 1. The summed E-state index contributed by atoms with van der Waals surface area (Å²) in [5.41, 5.74) is 2.45. The number of aromatic nitrogens is 1. The molecule has 182 valence electrons. The number of ether oxygens (including phenoxy) is 1. The van der Waals surface area contributed by atoms with Crippen LogP contribution in [0.4, 0.5) is 4.79 Å². The number of phenols is 1. The monoisotopic (exact) mass is 474 g/mol. The maximum absolute atomic E-state index is 13.8. The van der Waals surface area contributed by atoms with Crippen LogP contribution in [0.3, 0.4) is 0 Å². The molecule has 1 saturated heterocycles. The highest BCUT2D eigenvalue weighted by atomic mass is 16.5. The second-order valence-electron chi connectivity index (χ2n) is 9.33. The van der Waals surface area contributed by atoms with Crippen LogP contribution in [0, 0.1) is 0 Å². The van der Waals surface area contributed by atoms with Gasteiger partial charge in [-0.3, -0.25) is 14.6 Å². The third-order valence-electron chi connectivity index (χ3n) is 7.08. The maximum Gasteiger partial charge on any atom is 0.328 e. The lowest BCUT2D eigenvalue weighted by molar-refractivity contribution is -0.133. The molecule has 0 radical (unpaired) electrons. The van der Waals surface area contributed by atoms with Crippen molar-refractivity contribution in [2.45, 2.75) is 31.3 Å². The van der Waals surface area contributed by atoms with Crippen molar-refractivity contribution in [2.24, 2.45) is 0 Å². The van der Waals surface area contributed by atoms with Gasteiger partial charge in [0.15, 0.2) is 0 Å². The minimum absolute atomic E-state index is 0.109. The van der Waals surface area contributed by atoms with Crippen molar-refractivity contribution in [3.63, 3.8) is 0 Å². The lowest BCUT2D eigenvalue weighted by atomic mass is 9.81. The highest BCUT2D eigenvalue weighted by Crippen LogP contribution is 2.49. The van der Waals surface area contributed by atoms with Gasteiger partial charge in [0.25, 0.3) is 5.91 Å². The molecule has 35 heavy (non-hydrogen) atoms. The molecule has 3 heterocycles. The topological polar surface area (TPSA) is 97.9 Å². The Morgan fingerprint density at radius 2 is 2.11 bits per heavy atom. The molecule has 2 atom stereocenters. The first-order valence-electron chi connectivity index (χ1n) is 11.8. The summed E-state index contributed by atoms with van der Waals surface area (Å²) in [6, 6.07) is 11.8. The Morgan fingerprint density at radius 3 is 2.86 bits per heavy atom. The van der Waals surface area contributed by atoms with Crippen LogP contribution >= 0.6 is 0 Å². The Balaban J connectivity index is 1.61. The van der Waals surface area contributed by atoms with Gasteiger partial charge in [-0.2, -0.15) is 0 Å². The summed E-state index contributed by atoms with van der Waals surface area (Å²) in [7, 11) is 1.62. The number of aromatic amines is 1. The SMILES string of the molecule is C=CCNCCCN1C(=O)N2C(c3cccc(O)c3)c3[nH]c4ccc(OC)cc4c3CC2(C)C1=O. The van der Waals surface area contributed by atoms with Crippen molar-refractivity contribution in [1.82, 2.24) is 20.1 Å². The van der Waals surface area contributed by atoms with E-state index >= 15 is 0 Å². The van der Waals surface area contributed by atoms with E-state index in [4.69, 9.17) is 4.74 Å². The Kier molecular flexibility index (Phi) is 5.76. The van der Waals surface area contributed by atoms with Crippen molar-refractivity contribution in [1.29, 1.82) is 0 Å². The third-order valence-corrected chi connectivity index (χ3v) is 7.08. The lowest BCUT2D eigenvalue weighted by Gasteiger charge is -2.42. The number of nitrogens with one attached hydrogen (secondary N) is 2. The molecule has 3 aromatic rings. The van der Waals surface area contributed by atoms with E-state index in [9.17, 15) is 14.7 Å². The summed E-state index contributed by atoms with van der Waals surface area (Å²) >= 11 is 0. The van der Waals surface area contributed by atoms with Gasteiger partial charge in [0.05, 0.1) is 7.11 Å². The number of carbonyl (C=O) groups excluding carboxylic acids is 2. The number of carbonyl (C=O) groups is 2. The van der Waals surface area contributed by atoms with Crippen molar-refractivity contribution >= 4 is 22.8 Å². The Labute approximate surface area is 204 Å². The smallest absolute Gasteiger partial charge is 0.328 e. The number of imide groups is 1. The van der Waals surface area contributed by atoms with Gasteiger partial charge in [-0.15, -0.1) is 6.58 Å². The number of fused-ring (bicyclic) bond motifs is 4. The largest absolute Gasteiger partial charge is 0.508 e. The van der Waals surface area contributed by atoms with E-state index in [1.54, 1.807) is 36.3 Å². The quantitative estimate of drug-likeness (QED) is 0.263. The number of amides is 3.